The number of hydrogen-bond acceptors (Lipinski definition) is 10. The van der Waals surface area contributed by atoms with Gasteiger partial charge in [0.1, 0.15) is 18.3 Å². The standard InChI is InChI=1S/C38H50ClFN6O6/c1-3-27-22-36(52-20-19-51-18-17-50-16-15-49-14-13-48-12-11-47-2)42-24-31(27)28-21-35-37(44-30-7-5-4-6-8-30)32(25-43-46(35)26-28)38(41)45-34-23-29(40)9-10-33(34)39/h9-10,21-26,30,44H,3-8,11-20H2,1-2H3,(H2,41,45). The zero-order valence-electron chi connectivity index (χ0n) is 30.1. The van der Waals surface area contributed by atoms with Crippen molar-refractivity contribution in [2.45, 2.75) is 51.5 Å². The maximum absolute atomic E-state index is 14.0. The van der Waals surface area contributed by atoms with Crippen LogP contribution in [0.2, 0.25) is 5.02 Å². The summed E-state index contributed by atoms with van der Waals surface area (Å²) in [5, 5.41) is 8.75. The fourth-order valence-electron chi connectivity index (χ4n) is 5.98. The first-order chi connectivity index (χ1) is 25.5. The Balaban J connectivity index is 1.19. The van der Waals surface area contributed by atoms with Crippen molar-refractivity contribution in [1.82, 2.24) is 14.6 Å². The number of hydrogen-bond donors (Lipinski definition) is 2. The molecule has 3 N–H and O–H groups in total. The molecule has 3 aromatic heterocycles. The van der Waals surface area contributed by atoms with E-state index in [4.69, 9.17) is 45.8 Å². The molecule has 0 amide bonds. The SMILES string of the molecule is CCc1cc(OCCOCCOCCOCCOCCOC)ncc1-c1cc2c(NC3CCCCC3)c(/C(N)=N/c3cc(F)ccc3Cl)cnn2c1. The van der Waals surface area contributed by atoms with Gasteiger partial charge < -0.3 is 39.5 Å². The molecular weight excluding hydrogens is 691 g/mol. The fraction of sp³-hybridized carbons (Fsp3) is 0.500. The highest BCUT2D eigenvalue weighted by Crippen LogP contribution is 2.34. The number of rotatable bonds is 22. The lowest BCUT2D eigenvalue weighted by molar-refractivity contribution is -0.00987. The Morgan fingerprint density at radius 1 is 0.923 bits per heavy atom. The summed E-state index contributed by atoms with van der Waals surface area (Å²) in [5.41, 5.74) is 12.1. The van der Waals surface area contributed by atoms with Crippen LogP contribution in [0.1, 0.15) is 50.2 Å². The Bertz CT molecular complexity index is 1730. The number of nitrogens with two attached hydrogens (primary N) is 1. The van der Waals surface area contributed by atoms with Gasteiger partial charge in [0, 0.05) is 48.8 Å². The Morgan fingerprint density at radius 2 is 1.60 bits per heavy atom. The van der Waals surface area contributed by atoms with E-state index in [2.05, 4.69) is 33.4 Å². The van der Waals surface area contributed by atoms with Gasteiger partial charge in [-0.25, -0.2) is 18.9 Å². The predicted octanol–water partition coefficient (Wildman–Crippen LogP) is 6.62. The van der Waals surface area contributed by atoms with Gasteiger partial charge in [0.25, 0.3) is 0 Å². The monoisotopic (exact) mass is 740 g/mol. The molecular formula is C38H50ClFN6O6. The number of amidine groups is 1. The molecule has 12 nitrogen and oxygen atoms in total. The molecule has 5 rings (SSSR count). The minimum Gasteiger partial charge on any atom is -0.475 e. The number of aromatic nitrogens is 3. The molecule has 3 heterocycles. The molecule has 14 heteroatoms. The van der Waals surface area contributed by atoms with Crippen molar-refractivity contribution in [3.05, 3.63) is 70.9 Å². The number of benzene rings is 1. The fourth-order valence-corrected chi connectivity index (χ4v) is 6.14. The first-order valence-corrected chi connectivity index (χ1v) is 18.3. The number of nitrogens with zero attached hydrogens (tertiary/aromatic N) is 4. The van der Waals surface area contributed by atoms with Crippen LogP contribution in [0.3, 0.4) is 0 Å². The van der Waals surface area contributed by atoms with Crippen molar-refractivity contribution >= 4 is 34.3 Å². The van der Waals surface area contributed by atoms with Gasteiger partial charge in [-0.1, -0.05) is 37.8 Å². The van der Waals surface area contributed by atoms with Crippen molar-refractivity contribution in [2.75, 3.05) is 78.5 Å². The Morgan fingerprint density at radius 3 is 2.27 bits per heavy atom. The third-order valence-corrected chi connectivity index (χ3v) is 9.02. The summed E-state index contributed by atoms with van der Waals surface area (Å²) in [6.45, 7) is 7.02. The van der Waals surface area contributed by atoms with E-state index in [1.807, 2.05) is 23.0 Å². The maximum atomic E-state index is 14.0. The van der Waals surface area contributed by atoms with E-state index < -0.39 is 5.82 Å². The molecule has 1 fully saturated rings. The number of halogens is 2. The van der Waals surface area contributed by atoms with E-state index in [0.717, 1.165) is 60.0 Å². The lowest BCUT2D eigenvalue weighted by Gasteiger charge is -2.25. The maximum Gasteiger partial charge on any atom is 0.213 e. The van der Waals surface area contributed by atoms with Gasteiger partial charge in [-0.15, -0.1) is 0 Å². The number of aliphatic imine (C=N–C) groups is 1. The molecule has 0 saturated heterocycles. The third-order valence-electron chi connectivity index (χ3n) is 8.70. The van der Waals surface area contributed by atoms with Gasteiger partial charge in [-0.05, 0) is 43.0 Å². The molecule has 0 spiro atoms. The van der Waals surface area contributed by atoms with Gasteiger partial charge in [0.2, 0.25) is 5.88 Å². The minimum absolute atomic E-state index is 0.193. The van der Waals surface area contributed by atoms with Crippen LogP contribution in [-0.2, 0) is 30.1 Å². The molecule has 0 aliphatic heterocycles. The molecule has 4 aromatic rings. The summed E-state index contributed by atoms with van der Waals surface area (Å²) in [5.74, 6) is 0.286. The van der Waals surface area contributed by atoms with Gasteiger partial charge in [-0.3, -0.25) is 0 Å². The highest BCUT2D eigenvalue weighted by molar-refractivity contribution is 6.33. The predicted molar refractivity (Wildman–Crippen MR) is 201 cm³/mol. The van der Waals surface area contributed by atoms with Crippen molar-refractivity contribution < 1.29 is 32.8 Å². The highest BCUT2D eigenvalue weighted by Gasteiger charge is 2.21. The molecule has 0 atom stereocenters. The van der Waals surface area contributed by atoms with Gasteiger partial charge in [0.15, 0.2) is 0 Å². The Kier molecular flexibility index (Phi) is 15.9. The van der Waals surface area contributed by atoms with Crippen molar-refractivity contribution in [3.8, 4) is 17.0 Å². The quantitative estimate of drug-likeness (QED) is 0.0514. The van der Waals surface area contributed by atoms with Crippen molar-refractivity contribution in [1.29, 1.82) is 0 Å². The van der Waals surface area contributed by atoms with Crippen LogP contribution in [0, 0.1) is 5.82 Å². The average molecular weight is 741 g/mol. The van der Waals surface area contributed by atoms with Gasteiger partial charge in [0.05, 0.1) is 93.1 Å². The third kappa shape index (κ3) is 11.6. The molecule has 0 bridgehead atoms. The van der Waals surface area contributed by atoms with Crippen LogP contribution in [-0.4, -0.2) is 99.7 Å². The van der Waals surface area contributed by atoms with E-state index in [1.54, 1.807) is 13.3 Å². The number of ether oxygens (including phenoxy) is 6. The van der Waals surface area contributed by atoms with E-state index in [9.17, 15) is 4.39 Å². The number of fused-ring (bicyclic) bond motifs is 1. The van der Waals surface area contributed by atoms with E-state index in [1.165, 1.54) is 24.6 Å². The first-order valence-electron chi connectivity index (χ1n) is 18.0. The number of nitrogens with one attached hydrogen (secondary N) is 1. The van der Waals surface area contributed by atoms with Crippen LogP contribution in [0.15, 0.2) is 53.9 Å². The zero-order valence-corrected chi connectivity index (χ0v) is 30.8. The number of anilines is 1. The lowest BCUT2D eigenvalue weighted by atomic mass is 9.95. The second-order valence-electron chi connectivity index (χ2n) is 12.4. The van der Waals surface area contributed by atoms with E-state index in [0.29, 0.717) is 82.5 Å². The second kappa shape index (κ2) is 21.0. The topological polar surface area (TPSA) is 136 Å². The summed E-state index contributed by atoms with van der Waals surface area (Å²) in [7, 11) is 1.64. The number of pyridine rings is 1. The van der Waals surface area contributed by atoms with Crippen LogP contribution < -0.4 is 15.8 Å². The summed E-state index contributed by atoms with van der Waals surface area (Å²) in [4.78, 5) is 9.11. The summed E-state index contributed by atoms with van der Waals surface area (Å²) < 4.78 is 48.7. The molecule has 0 radical (unpaired) electrons. The molecule has 1 aromatic carbocycles. The van der Waals surface area contributed by atoms with Crippen molar-refractivity contribution in [3.63, 3.8) is 0 Å². The van der Waals surface area contributed by atoms with Gasteiger partial charge >= 0.3 is 0 Å². The average Bonchev–Trinajstić information content (AvgIpc) is 3.60. The summed E-state index contributed by atoms with van der Waals surface area (Å²) in [6, 6.07) is 8.36. The molecule has 1 aliphatic rings. The molecule has 1 aliphatic carbocycles. The Hall–Kier alpha value is -3.85. The molecule has 1 saturated carbocycles. The second-order valence-corrected chi connectivity index (χ2v) is 12.8. The zero-order chi connectivity index (χ0) is 36.5. The summed E-state index contributed by atoms with van der Waals surface area (Å²) in [6.07, 6.45) is 11.9. The molecule has 52 heavy (non-hydrogen) atoms. The highest BCUT2D eigenvalue weighted by atomic mass is 35.5. The summed E-state index contributed by atoms with van der Waals surface area (Å²) >= 11 is 6.32. The normalized spacial score (nSPS) is 14.0. The smallest absolute Gasteiger partial charge is 0.213 e. The van der Waals surface area contributed by atoms with Crippen LogP contribution in [0.25, 0.3) is 16.6 Å². The largest absolute Gasteiger partial charge is 0.475 e. The number of aryl methyl sites for hydroxylation is 1. The molecule has 0 unspecified atom stereocenters. The number of methoxy groups -OCH3 is 1. The van der Waals surface area contributed by atoms with Crippen LogP contribution >= 0.6 is 11.6 Å². The van der Waals surface area contributed by atoms with Gasteiger partial charge in [-0.2, -0.15) is 5.10 Å². The van der Waals surface area contributed by atoms with E-state index in [-0.39, 0.29) is 17.6 Å². The van der Waals surface area contributed by atoms with Crippen LogP contribution in [0.4, 0.5) is 15.8 Å². The Labute approximate surface area is 309 Å². The first kappa shape index (κ1) is 39.4. The van der Waals surface area contributed by atoms with E-state index >= 15 is 0 Å². The minimum atomic E-state index is -0.442. The lowest BCUT2D eigenvalue weighted by Crippen LogP contribution is -2.25. The van der Waals surface area contributed by atoms with Crippen molar-refractivity contribution in [2.24, 2.45) is 10.7 Å². The van der Waals surface area contributed by atoms with Crippen LogP contribution in [0.5, 0.6) is 5.88 Å². The molecule has 282 valence electrons.